The quantitative estimate of drug-likeness (QED) is 0.369. The monoisotopic (exact) mass is 479 g/mol. The predicted octanol–water partition coefficient (Wildman–Crippen LogP) is 4.88. The molecular weight excluding hydrogens is 454 g/mol. The van der Waals surface area contributed by atoms with Crippen molar-refractivity contribution in [2.24, 2.45) is 0 Å². The van der Waals surface area contributed by atoms with Crippen LogP contribution in [-0.4, -0.2) is 39.1 Å². The fourth-order valence-corrected chi connectivity index (χ4v) is 5.18. The molecule has 1 atom stereocenters. The lowest BCUT2D eigenvalue weighted by Crippen LogP contribution is -2.48. The molecular formula is C28H25N5O3. The van der Waals surface area contributed by atoms with Gasteiger partial charge in [-0.15, -0.1) is 0 Å². The van der Waals surface area contributed by atoms with Gasteiger partial charge in [0.1, 0.15) is 6.17 Å². The molecule has 0 spiro atoms. The van der Waals surface area contributed by atoms with E-state index in [0.717, 1.165) is 35.1 Å². The maximum absolute atomic E-state index is 13.4. The molecule has 0 bridgehead atoms. The number of benzene rings is 3. The second kappa shape index (κ2) is 8.96. The number of aromatic nitrogens is 2. The molecule has 180 valence electrons. The molecule has 3 heterocycles. The number of hydrogen-bond donors (Lipinski definition) is 2. The van der Waals surface area contributed by atoms with Crippen LogP contribution in [0.1, 0.15) is 58.1 Å². The van der Waals surface area contributed by atoms with Crippen molar-refractivity contribution in [2.45, 2.75) is 31.8 Å². The number of anilines is 2. The van der Waals surface area contributed by atoms with E-state index in [2.05, 4.69) is 15.3 Å². The van der Waals surface area contributed by atoms with Crippen LogP contribution in [0.2, 0.25) is 0 Å². The van der Waals surface area contributed by atoms with E-state index in [4.69, 9.17) is 0 Å². The first-order chi connectivity index (χ1) is 17.6. The Morgan fingerprint density at radius 1 is 0.917 bits per heavy atom. The molecule has 3 amide bonds. The third-order valence-corrected chi connectivity index (χ3v) is 6.89. The summed E-state index contributed by atoms with van der Waals surface area (Å²) in [4.78, 5) is 49.9. The van der Waals surface area contributed by atoms with Gasteiger partial charge in [0, 0.05) is 29.8 Å². The zero-order valence-corrected chi connectivity index (χ0v) is 19.6. The molecule has 2 aliphatic heterocycles. The Kier molecular flexibility index (Phi) is 5.48. The first kappa shape index (κ1) is 22.0. The molecule has 0 aliphatic carbocycles. The summed E-state index contributed by atoms with van der Waals surface area (Å²) in [5.74, 6) is -0.188. The van der Waals surface area contributed by atoms with Gasteiger partial charge in [0.25, 0.3) is 11.8 Å². The number of imidazole rings is 1. The number of carbonyl (C=O) groups excluding carboxylic acids is 3. The van der Waals surface area contributed by atoms with Crippen LogP contribution in [0, 0.1) is 0 Å². The van der Waals surface area contributed by atoms with Crippen molar-refractivity contribution < 1.29 is 14.4 Å². The average molecular weight is 480 g/mol. The molecule has 1 aromatic heterocycles. The highest BCUT2D eigenvalue weighted by Crippen LogP contribution is 2.45. The number of para-hydroxylation sites is 1. The van der Waals surface area contributed by atoms with E-state index in [1.54, 1.807) is 22.2 Å². The molecule has 36 heavy (non-hydrogen) atoms. The first-order valence-corrected chi connectivity index (χ1v) is 12.2. The number of unbranched alkanes of at least 4 members (excludes halogenated alkanes) is 2. The van der Waals surface area contributed by atoms with Crippen LogP contribution in [0.3, 0.4) is 0 Å². The highest BCUT2D eigenvalue weighted by atomic mass is 16.2. The summed E-state index contributed by atoms with van der Waals surface area (Å²) in [6, 6.07) is 20.4. The molecule has 3 aromatic carbocycles. The van der Waals surface area contributed by atoms with Crippen LogP contribution < -0.4 is 10.2 Å². The number of fused-ring (bicyclic) bond motifs is 6. The van der Waals surface area contributed by atoms with Crippen molar-refractivity contribution in [3.05, 3.63) is 89.7 Å². The molecule has 2 aliphatic rings. The molecule has 0 saturated heterocycles. The van der Waals surface area contributed by atoms with Gasteiger partial charge in [0.15, 0.2) is 0 Å². The second-order valence-corrected chi connectivity index (χ2v) is 9.15. The number of aromatic amines is 1. The van der Waals surface area contributed by atoms with Crippen LogP contribution in [0.5, 0.6) is 0 Å². The Labute approximate surface area is 207 Å². The second-order valence-electron chi connectivity index (χ2n) is 9.15. The zero-order valence-electron chi connectivity index (χ0n) is 19.6. The van der Waals surface area contributed by atoms with Gasteiger partial charge >= 0.3 is 0 Å². The van der Waals surface area contributed by atoms with Gasteiger partial charge < -0.3 is 15.2 Å². The van der Waals surface area contributed by atoms with Gasteiger partial charge in [-0.1, -0.05) is 36.8 Å². The van der Waals surface area contributed by atoms with E-state index in [0.29, 0.717) is 36.2 Å². The van der Waals surface area contributed by atoms with Crippen molar-refractivity contribution in [1.29, 1.82) is 0 Å². The minimum atomic E-state index is -0.434. The van der Waals surface area contributed by atoms with Gasteiger partial charge in [-0.25, -0.2) is 4.98 Å². The SMILES string of the molecule is O=C(CCCCCN1C(=O)c2ccccc2N2C(=O)c3ccccc3C12)Nc1ccc2nc[nH]c2c1. The normalized spacial score (nSPS) is 16.2. The molecule has 2 N–H and O–H groups in total. The number of rotatable bonds is 7. The molecule has 0 saturated carbocycles. The Morgan fingerprint density at radius 3 is 2.61 bits per heavy atom. The zero-order chi connectivity index (χ0) is 24.6. The summed E-state index contributed by atoms with van der Waals surface area (Å²) in [7, 11) is 0. The van der Waals surface area contributed by atoms with Crippen molar-refractivity contribution in [3.8, 4) is 0 Å². The number of carbonyl (C=O) groups is 3. The Balaban J connectivity index is 1.10. The van der Waals surface area contributed by atoms with Crippen LogP contribution in [0.4, 0.5) is 11.4 Å². The third-order valence-electron chi connectivity index (χ3n) is 6.89. The van der Waals surface area contributed by atoms with Gasteiger partial charge in [0.2, 0.25) is 5.91 Å². The van der Waals surface area contributed by atoms with Crippen LogP contribution in [0.25, 0.3) is 11.0 Å². The Bertz CT molecular complexity index is 1490. The minimum absolute atomic E-state index is 0.0432. The summed E-state index contributed by atoms with van der Waals surface area (Å²) >= 11 is 0. The van der Waals surface area contributed by atoms with E-state index in [9.17, 15) is 14.4 Å². The molecule has 0 fully saturated rings. The van der Waals surface area contributed by atoms with E-state index in [-0.39, 0.29) is 17.7 Å². The third kappa shape index (κ3) is 3.71. The fourth-order valence-electron chi connectivity index (χ4n) is 5.18. The van der Waals surface area contributed by atoms with Crippen molar-refractivity contribution in [3.63, 3.8) is 0 Å². The standard InChI is InChI=1S/C28H25N5O3/c34-25(31-18-13-14-22-23(16-18)30-17-29-22)12-2-1-7-15-32-26-19-8-3-4-9-20(19)28(36)33(26)24-11-6-5-10-21(24)27(32)35/h3-6,8-11,13-14,16-17,26H,1-2,7,12,15H2,(H,29,30)(H,31,34). The van der Waals surface area contributed by atoms with Crippen molar-refractivity contribution in [1.82, 2.24) is 14.9 Å². The van der Waals surface area contributed by atoms with Crippen LogP contribution >= 0.6 is 0 Å². The number of amides is 3. The molecule has 6 rings (SSSR count). The van der Waals surface area contributed by atoms with Gasteiger partial charge in [-0.2, -0.15) is 0 Å². The fraction of sp³-hybridized carbons (Fsp3) is 0.214. The number of hydrogen-bond acceptors (Lipinski definition) is 4. The first-order valence-electron chi connectivity index (χ1n) is 12.2. The number of nitrogens with one attached hydrogen (secondary N) is 2. The smallest absolute Gasteiger partial charge is 0.260 e. The average Bonchev–Trinajstić information content (AvgIpc) is 3.48. The van der Waals surface area contributed by atoms with Crippen LogP contribution in [0.15, 0.2) is 73.1 Å². The lowest BCUT2D eigenvalue weighted by Gasteiger charge is -2.41. The lowest BCUT2D eigenvalue weighted by molar-refractivity contribution is -0.116. The maximum atomic E-state index is 13.4. The van der Waals surface area contributed by atoms with Gasteiger partial charge in [-0.05, 0) is 49.2 Å². The predicted molar refractivity (Wildman–Crippen MR) is 137 cm³/mol. The maximum Gasteiger partial charge on any atom is 0.260 e. The largest absolute Gasteiger partial charge is 0.345 e. The molecule has 0 radical (unpaired) electrons. The van der Waals surface area contributed by atoms with E-state index >= 15 is 0 Å². The summed E-state index contributed by atoms with van der Waals surface area (Å²) < 4.78 is 0. The molecule has 8 heteroatoms. The molecule has 4 aromatic rings. The summed E-state index contributed by atoms with van der Waals surface area (Å²) in [6.07, 6.45) is 3.83. The van der Waals surface area contributed by atoms with E-state index in [1.165, 1.54) is 0 Å². The number of nitrogens with zero attached hydrogens (tertiary/aromatic N) is 3. The molecule has 8 nitrogen and oxygen atoms in total. The highest BCUT2D eigenvalue weighted by molar-refractivity contribution is 6.16. The summed E-state index contributed by atoms with van der Waals surface area (Å²) in [5, 5.41) is 2.93. The Morgan fingerprint density at radius 2 is 1.72 bits per heavy atom. The summed E-state index contributed by atoms with van der Waals surface area (Å²) in [5.41, 5.74) is 5.17. The lowest BCUT2D eigenvalue weighted by atomic mass is 10.0. The van der Waals surface area contributed by atoms with E-state index in [1.807, 2.05) is 60.7 Å². The van der Waals surface area contributed by atoms with Crippen molar-refractivity contribution in [2.75, 3.05) is 16.8 Å². The van der Waals surface area contributed by atoms with E-state index < -0.39 is 6.17 Å². The number of H-pyrrole nitrogens is 1. The molecule has 1 unspecified atom stereocenters. The minimum Gasteiger partial charge on any atom is -0.345 e. The summed E-state index contributed by atoms with van der Waals surface area (Å²) in [6.45, 7) is 0.508. The van der Waals surface area contributed by atoms with Crippen molar-refractivity contribution >= 4 is 40.1 Å². The van der Waals surface area contributed by atoms with Crippen LogP contribution in [-0.2, 0) is 4.79 Å². The Hall–Kier alpha value is -4.46. The van der Waals surface area contributed by atoms with Gasteiger partial charge in [-0.3, -0.25) is 19.3 Å². The van der Waals surface area contributed by atoms with Gasteiger partial charge in [0.05, 0.1) is 28.6 Å². The topological polar surface area (TPSA) is 98.4 Å². The highest BCUT2D eigenvalue weighted by Gasteiger charge is 2.47.